The van der Waals surface area contributed by atoms with Crippen molar-refractivity contribution in [2.24, 2.45) is 22.4 Å². The number of amides is 3. The highest BCUT2D eigenvalue weighted by atomic mass is 16.2. The topological polar surface area (TPSA) is 152 Å². The molecule has 3 amide bonds. The number of likely N-dealkylation sites (N-methyl/N-ethyl adjacent to an activating group) is 1. The Morgan fingerprint density at radius 3 is 2.21 bits per heavy atom. The van der Waals surface area contributed by atoms with Gasteiger partial charge in [-0.05, 0) is 32.1 Å². The predicted octanol–water partition coefficient (Wildman–Crippen LogP) is 0.382. The number of carbonyl (C=O) groups is 3. The highest BCUT2D eigenvalue weighted by Crippen LogP contribution is 2.10. The van der Waals surface area contributed by atoms with Gasteiger partial charge < -0.3 is 27.4 Å². The van der Waals surface area contributed by atoms with Crippen molar-refractivity contribution in [1.29, 1.82) is 0 Å². The molecule has 162 valence electrons. The second kappa shape index (κ2) is 14.7. The summed E-state index contributed by atoms with van der Waals surface area (Å²) in [4.78, 5) is 41.2. The van der Waals surface area contributed by atoms with Crippen molar-refractivity contribution in [1.82, 2.24) is 16.0 Å². The van der Waals surface area contributed by atoms with E-state index < -0.39 is 12.1 Å². The molecular weight excluding hydrogens is 360 g/mol. The number of unbranched alkanes of at least 4 members (excludes halogenated alkanes) is 1. The van der Waals surface area contributed by atoms with Crippen molar-refractivity contribution >= 4 is 23.7 Å². The lowest BCUT2D eigenvalue weighted by atomic mass is 9.97. The van der Waals surface area contributed by atoms with E-state index in [1.165, 1.54) is 0 Å². The molecule has 0 heterocycles. The molecule has 7 N–H and O–H groups in total. The van der Waals surface area contributed by atoms with Crippen molar-refractivity contribution in [3.63, 3.8) is 0 Å². The minimum Gasteiger partial charge on any atom is -0.370 e. The summed E-state index contributed by atoms with van der Waals surface area (Å²) in [6, 6.07) is -1.38. The summed E-state index contributed by atoms with van der Waals surface area (Å²) in [5.41, 5.74) is 10.6. The van der Waals surface area contributed by atoms with Crippen LogP contribution in [0.1, 0.15) is 66.2 Å². The first-order valence-electron chi connectivity index (χ1n) is 10.2. The first-order chi connectivity index (χ1) is 13.3. The van der Waals surface area contributed by atoms with Crippen LogP contribution in [-0.2, 0) is 14.4 Å². The Morgan fingerprint density at radius 2 is 1.68 bits per heavy atom. The monoisotopic (exact) mass is 398 g/mol. The van der Waals surface area contributed by atoms with Gasteiger partial charge in [0.1, 0.15) is 12.1 Å². The molecule has 0 fully saturated rings. The Balaban J connectivity index is 5.07. The van der Waals surface area contributed by atoms with Crippen molar-refractivity contribution in [2.75, 3.05) is 13.1 Å². The molecule has 9 heteroatoms. The molecule has 0 unspecified atom stereocenters. The van der Waals surface area contributed by atoms with Crippen LogP contribution in [0, 0.1) is 5.92 Å². The molecule has 0 radical (unpaired) electrons. The van der Waals surface area contributed by atoms with Crippen LogP contribution in [0.5, 0.6) is 0 Å². The van der Waals surface area contributed by atoms with Gasteiger partial charge in [0.15, 0.2) is 5.96 Å². The Bertz CT molecular complexity index is 520. The molecule has 9 nitrogen and oxygen atoms in total. The maximum atomic E-state index is 12.8. The number of aliphatic imine (C=N–C) groups is 1. The summed E-state index contributed by atoms with van der Waals surface area (Å²) >= 11 is 0. The van der Waals surface area contributed by atoms with Crippen molar-refractivity contribution < 1.29 is 14.4 Å². The first kappa shape index (κ1) is 25.7. The van der Waals surface area contributed by atoms with E-state index >= 15 is 0 Å². The lowest BCUT2D eigenvalue weighted by Gasteiger charge is -2.26. The molecule has 0 aromatic carbocycles. The fourth-order valence-corrected chi connectivity index (χ4v) is 2.62. The van der Waals surface area contributed by atoms with E-state index in [1.54, 1.807) is 0 Å². The quantitative estimate of drug-likeness (QED) is 0.163. The van der Waals surface area contributed by atoms with Gasteiger partial charge in [0.25, 0.3) is 0 Å². The second-order valence-electron chi connectivity index (χ2n) is 6.94. The summed E-state index contributed by atoms with van der Waals surface area (Å²) in [5.74, 6) is -0.824. The van der Waals surface area contributed by atoms with E-state index in [0.717, 1.165) is 19.3 Å². The van der Waals surface area contributed by atoms with E-state index in [2.05, 4.69) is 20.9 Å². The van der Waals surface area contributed by atoms with Gasteiger partial charge in [-0.15, -0.1) is 0 Å². The number of hydrogen-bond acceptors (Lipinski definition) is 4. The normalized spacial score (nSPS) is 13.7. The third-order valence-corrected chi connectivity index (χ3v) is 4.50. The van der Waals surface area contributed by atoms with Gasteiger partial charge in [-0.3, -0.25) is 19.4 Å². The molecule has 0 spiro atoms. The molecule has 0 rings (SSSR count). The van der Waals surface area contributed by atoms with Crippen LogP contribution >= 0.6 is 0 Å². The summed E-state index contributed by atoms with van der Waals surface area (Å²) < 4.78 is 0. The summed E-state index contributed by atoms with van der Waals surface area (Å²) in [6.07, 6.45) is 3.72. The van der Waals surface area contributed by atoms with Crippen LogP contribution < -0.4 is 27.4 Å². The molecule has 0 saturated carbocycles. The first-order valence-corrected chi connectivity index (χ1v) is 10.2. The fraction of sp³-hybridized carbons (Fsp3) is 0.789. The van der Waals surface area contributed by atoms with E-state index in [9.17, 15) is 14.4 Å². The predicted molar refractivity (Wildman–Crippen MR) is 111 cm³/mol. The van der Waals surface area contributed by atoms with Crippen molar-refractivity contribution in [3.05, 3.63) is 0 Å². The Labute approximate surface area is 168 Å². The van der Waals surface area contributed by atoms with E-state index in [0.29, 0.717) is 32.4 Å². The van der Waals surface area contributed by atoms with Crippen LogP contribution in [0.2, 0.25) is 0 Å². The smallest absolute Gasteiger partial charge is 0.243 e. The highest BCUT2D eigenvalue weighted by molar-refractivity contribution is 5.92. The average molecular weight is 399 g/mol. The van der Waals surface area contributed by atoms with Gasteiger partial charge in [0.05, 0.1) is 0 Å². The molecule has 28 heavy (non-hydrogen) atoms. The third-order valence-electron chi connectivity index (χ3n) is 4.50. The van der Waals surface area contributed by atoms with Gasteiger partial charge in [-0.25, -0.2) is 0 Å². The molecule has 0 aliphatic carbocycles. The van der Waals surface area contributed by atoms with E-state index in [4.69, 9.17) is 11.5 Å². The number of guanidine groups is 1. The Hall–Kier alpha value is -2.32. The van der Waals surface area contributed by atoms with Gasteiger partial charge in [-0.2, -0.15) is 0 Å². The maximum absolute atomic E-state index is 12.8. The zero-order chi connectivity index (χ0) is 21.5. The second-order valence-corrected chi connectivity index (χ2v) is 6.94. The van der Waals surface area contributed by atoms with E-state index in [1.807, 2.05) is 27.7 Å². The van der Waals surface area contributed by atoms with Gasteiger partial charge in [0.2, 0.25) is 17.7 Å². The molecule has 0 aromatic rings. The number of rotatable bonds is 14. The molecular formula is C19H38N6O3. The van der Waals surface area contributed by atoms with Gasteiger partial charge >= 0.3 is 0 Å². The molecule has 3 atom stereocenters. The zero-order valence-electron chi connectivity index (χ0n) is 17.7. The number of nitrogens with two attached hydrogens (primary N) is 2. The number of carbonyl (C=O) groups excluding carboxylic acids is 3. The highest BCUT2D eigenvalue weighted by Gasteiger charge is 2.29. The minimum absolute atomic E-state index is 0.00905. The minimum atomic E-state index is -0.708. The fourth-order valence-electron chi connectivity index (χ4n) is 2.62. The lowest BCUT2D eigenvalue weighted by Crippen LogP contribution is -2.55. The van der Waals surface area contributed by atoms with Crippen LogP contribution in [0.25, 0.3) is 0 Å². The lowest BCUT2D eigenvalue weighted by molar-refractivity contribution is -0.133. The molecule has 0 aromatic heterocycles. The van der Waals surface area contributed by atoms with Crippen LogP contribution in [-0.4, -0.2) is 48.9 Å². The molecule has 0 bridgehead atoms. The van der Waals surface area contributed by atoms with Crippen LogP contribution in [0.15, 0.2) is 4.99 Å². The van der Waals surface area contributed by atoms with Crippen molar-refractivity contribution in [3.8, 4) is 0 Å². The maximum Gasteiger partial charge on any atom is 0.243 e. The van der Waals surface area contributed by atoms with Gasteiger partial charge in [0, 0.05) is 19.5 Å². The standard InChI is InChI=1S/C19H38N6O3/c1-5-8-11-15(26)25-16(13(4)6-2)18(28)24-14(17(27)22-7-3)10-9-12-23-19(20)21/h13-14,16H,5-12H2,1-4H3,(H,22,27)(H,24,28)(H,25,26)(H4,20,21,23)/t13-,14-,16-/m0/s1. The summed E-state index contributed by atoms with van der Waals surface area (Å²) in [5, 5.41) is 8.34. The summed E-state index contributed by atoms with van der Waals surface area (Å²) in [7, 11) is 0. The molecule has 0 saturated heterocycles. The van der Waals surface area contributed by atoms with Crippen molar-refractivity contribution in [2.45, 2.75) is 78.3 Å². The molecule has 0 aliphatic heterocycles. The Kier molecular flexibility index (Phi) is 13.5. The number of nitrogens with zero attached hydrogens (tertiary/aromatic N) is 1. The number of hydrogen-bond donors (Lipinski definition) is 5. The largest absolute Gasteiger partial charge is 0.370 e. The average Bonchev–Trinajstić information content (AvgIpc) is 2.65. The zero-order valence-corrected chi connectivity index (χ0v) is 17.7. The van der Waals surface area contributed by atoms with E-state index in [-0.39, 0.29) is 29.6 Å². The SMILES string of the molecule is CCCCC(=O)N[C@H](C(=O)N[C@@H](CCCN=C(N)N)C(=O)NCC)[C@@H](C)CC. The number of nitrogens with one attached hydrogen (secondary N) is 3. The van der Waals surface area contributed by atoms with Crippen LogP contribution in [0.4, 0.5) is 0 Å². The molecule has 0 aliphatic rings. The van der Waals surface area contributed by atoms with Gasteiger partial charge in [-0.1, -0.05) is 33.6 Å². The summed E-state index contributed by atoms with van der Waals surface area (Å²) in [6.45, 7) is 8.51. The third kappa shape index (κ3) is 10.7. The van der Waals surface area contributed by atoms with Crippen LogP contribution in [0.3, 0.4) is 0 Å². The Morgan fingerprint density at radius 1 is 1.00 bits per heavy atom.